The fourth-order valence-electron chi connectivity index (χ4n) is 1.92. The van der Waals surface area contributed by atoms with Gasteiger partial charge in [-0.1, -0.05) is 25.2 Å². The van der Waals surface area contributed by atoms with Crippen LogP contribution in [-0.2, 0) is 0 Å². The zero-order chi connectivity index (χ0) is 16.7. The van der Waals surface area contributed by atoms with E-state index in [9.17, 15) is 15.0 Å². The molecule has 0 heterocycles. The Morgan fingerprint density at radius 3 is 2.43 bits per heavy atom. The first kappa shape index (κ1) is 17.0. The number of phenols is 2. The number of thioether (sulfide) groups is 1. The number of aromatic hydroxyl groups is 2. The van der Waals surface area contributed by atoms with Gasteiger partial charge in [0.2, 0.25) is 0 Å². The van der Waals surface area contributed by atoms with Gasteiger partial charge in [0.1, 0.15) is 11.5 Å². The highest BCUT2D eigenvalue weighted by atomic mass is 32.2. The third-order valence-electron chi connectivity index (χ3n) is 3.21. The van der Waals surface area contributed by atoms with Crippen LogP contribution in [0.25, 0.3) is 0 Å². The van der Waals surface area contributed by atoms with Crippen molar-refractivity contribution in [2.24, 2.45) is 0 Å². The summed E-state index contributed by atoms with van der Waals surface area (Å²) in [5.74, 6) is 7.09. The molecule has 0 spiro atoms. The summed E-state index contributed by atoms with van der Waals surface area (Å²) in [6.07, 6.45) is 2.77. The van der Waals surface area contributed by atoms with E-state index < -0.39 is 0 Å². The van der Waals surface area contributed by atoms with Crippen molar-refractivity contribution < 1.29 is 15.0 Å². The van der Waals surface area contributed by atoms with Crippen LogP contribution < -0.4 is 0 Å². The second-order valence-electron chi connectivity index (χ2n) is 5.03. The first-order chi connectivity index (χ1) is 11.1. The maximum atomic E-state index is 11.1. The van der Waals surface area contributed by atoms with Crippen LogP contribution in [0.3, 0.4) is 0 Å². The molecule has 2 rings (SSSR count). The molecule has 0 aromatic heterocycles. The Balaban J connectivity index is 2.29. The topological polar surface area (TPSA) is 57.5 Å². The number of unbranched alkanes of at least 4 members (excludes halogenated alkanes) is 1. The van der Waals surface area contributed by atoms with Gasteiger partial charge in [0.25, 0.3) is 0 Å². The maximum Gasteiger partial charge on any atom is 0.153 e. The van der Waals surface area contributed by atoms with Crippen molar-refractivity contribution in [2.45, 2.75) is 24.7 Å². The van der Waals surface area contributed by atoms with E-state index in [0.29, 0.717) is 16.7 Å². The molecule has 2 N–H and O–H groups in total. The second-order valence-corrected chi connectivity index (χ2v) is 6.17. The molecule has 0 fully saturated rings. The zero-order valence-corrected chi connectivity index (χ0v) is 13.7. The molecule has 0 radical (unpaired) electrons. The Morgan fingerprint density at radius 2 is 1.78 bits per heavy atom. The third kappa shape index (κ3) is 4.80. The SMILES string of the molecule is CCCCSc1cc(C#Cc2ccc(O)cc2)cc(C=O)c1O. The van der Waals surface area contributed by atoms with Gasteiger partial charge in [-0.15, -0.1) is 11.8 Å². The number of carbonyl (C=O) groups is 1. The molecule has 0 bridgehead atoms. The van der Waals surface area contributed by atoms with Crippen molar-refractivity contribution >= 4 is 18.0 Å². The van der Waals surface area contributed by atoms with Gasteiger partial charge < -0.3 is 10.2 Å². The predicted octanol–water partition coefficient (Wildman–Crippen LogP) is 4.20. The van der Waals surface area contributed by atoms with Gasteiger partial charge in [-0.25, -0.2) is 0 Å². The second kappa shape index (κ2) is 8.30. The van der Waals surface area contributed by atoms with Crippen LogP contribution in [0.15, 0.2) is 41.3 Å². The molecule has 0 saturated heterocycles. The maximum absolute atomic E-state index is 11.1. The number of aldehydes is 1. The van der Waals surface area contributed by atoms with Crippen LogP contribution >= 0.6 is 11.8 Å². The molecular formula is C19H18O3S. The van der Waals surface area contributed by atoms with E-state index in [-0.39, 0.29) is 17.1 Å². The molecule has 0 aliphatic carbocycles. The van der Waals surface area contributed by atoms with E-state index in [2.05, 4.69) is 18.8 Å². The number of hydrogen-bond acceptors (Lipinski definition) is 4. The van der Waals surface area contributed by atoms with Crippen LogP contribution in [0.1, 0.15) is 41.3 Å². The van der Waals surface area contributed by atoms with E-state index in [1.54, 1.807) is 36.4 Å². The lowest BCUT2D eigenvalue weighted by Gasteiger charge is -2.07. The molecule has 118 valence electrons. The van der Waals surface area contributed by atoms with Crippen molar-refractivity contribution in [3.8, 4) is 23.3 Å². The number of rotatable bonds is 5. The minimum absolute atomic E-state index is 0.0243. The minimum atomic E-state index is 0.0243. The first-order valence-electron chi connectivity index (χ1n) is 7.40. The Morgan fingerprint density at radius 1 is 1.09 bits per heavy atom. The average Bonchev–Trinajstić information content (AvgIpc) is 2.56. The van der Waals surface area contributed by atoms with Crippen molar-refractivity contribution in [1.29, 1.82) is 0 Å². The smallest absolute Gasteiger partial charge is 0.153 e. The summed E-state index contributed by atoms with van der Waals surface area (Å²) < 4.78 is 0. The summed E-state index contributed by atoms with van der Waals surface area (Å²) in [5.41, 5.74) is 1.70. The van der Waals surface area contributed by atoms with E-state index in [1.165, 1.54) is 11.8 Å². The van der Waals surface area contributed by atoms with Gasteiger partial charge >= 0.3 is 0 Å². The molecular weight excluding hydrogens is 308 g/mol. The van der Waals surface area contributed by atoms with E-state index in [0.717, 1.165) is 24.2 Å². The summed E-state index contributed by atoms with van der Waals surface area (Å²) in [4.78, 5) is 11.8. The van der Waals surface area contributed by atoms with Gasteiger partial charge in [-0.05, 0) is 48.6 Å². The molecule has 3 nitrogen and oxygen atoms in total. The summed E-state index contributed by atoms with van der Waals surface area (Å²) >= 11 is 1.53. The van der Waals surface area contributed by atoms with E-state index in [1.807, 2.05) is 0 Å². The lowest BCUT2D eigenvalue weighted by Crippen LogP contribution is -1.89. The lowest BCUT2D eigenvalue weighted by molar-refractivity contribution is 0.112. The molecule has 0 unspecified atom stereocenters. The highest BCUT2D eigenvalue weighted by Crippen LogP contribution is 2.32. The summed E-state index contributed by atoms with van der Waals surface area (Å²) in [6.45, 7) is 2.11. The normalized spacial score (nSPS) is 9.96. The number of benzene rings is 2. The van der Waals surface area contributed by atoms with Crippen LogP contribution in [-0.4, -0.2) is 22.3 Å². The summed E-state index contributed by atoms with van der Waals surface area (Å²) in [6, 6.07) is 9.98. The molecule has 0 saturated carbocycles. The quantitative estimate of drug-likeness (QED) is 0.374. The van der Waals surface area contributed by atoms with E-state index in [4.69, 9.17) is 0 Å². The number of phenolic OH excluding ortho intramolecular Hbond substituents is 2. The van der Waals surface area contributed by atoms with Gasteiger partial charge in [-0.3, -0.25) is 4.79 Å². The van der Waals surface area contributed by atoms with Gasteiger partial charge in [0, 0.05) is 11.1 Å². The number of hydrogen-bond donors (Lipinski definition) is 2. The molecule has 0 aliphatic rings. The fourth-order valence-corrected chi connectivity index (χ4v) is 3.03. The fraction of sp³-hybridized carbons (Fsp3) is 0.211. The minimum Gasteiger partial charge on any atom is -0.508 e. The molecule has 0 atom stereocenters. The van der Waals surface area contributed by atoms with E-state index >= 15 is 0 Å². The molecule has 2 aromatic carbocycles. The number of carbonyl (C=O) groups excluding carboxylic acids is 1. The Labute approximate surface area is 140 Å². The predicted molar refractivity (Wildman–Crippen MR) is 93.2 cm³/mol. The Bertz CT molecular complexity index is 740. The zero-order valence-electron chi connectivity index (χ0n) is 12.9. The van der Waals surface area contributed by atoms with Crippen molar-refractivity contribution in [1.82, 2.24) is 0 Å². The van der Waals surface area contributed by atoms with Crippen LogP contribution in [0.5, 0.6) is 11.5 Å². The Kier molecular flexibility index (Phi) is 6.13. The standard InChI is InChI=1S/C19H18O3S/c1-2-3-10-23-18-12-15(11-16(13-20)19(18)22)5-4-14-6-8-17(21)9-7-14/h6-9,11-13,21-22H,2-3,10H2,1H3. The van der Waals surface area contributed by atoms with Crippen LogP contribution in [0.4, 0.5) is 0 Å². The highest BCUT2D eigenvalue weighted by Gasteiger charge is 2.09. The first-order valence-corrected chi connectivity index (χ1v) is 8.38. The average molecular weight is 326 g/mol. The van der Waals surface area contributed by atoms with Crippen LogP contribution in [0, 0.1) is 11.8 Å². The van der Waals surface area contributed by atoms with Gasteiger partial charge in [0.15, 0.2) is 6.29 Å². The molecule has 2 aromatic rings. The summed E-state index contributed by atoms with van der Waals surface area (Å²) in [7, 11) is 0. The van der Waals surface area contributed by atoms with Crippen molar-refractivity contribution in [3.63, 3.8) is 0 Å². The molecule has 23 heavy (non-hydrogen) atoms. The third-order valence-corrected chi connectivity index (χ3v) is 4.32. The molecule has 4 heteroatoms. The molecule has 0 aliphatic heterocycles. The van der Waals surface area contributed by atoms with Crippen molar-refractivity contribution in [3.05, 3.63) is 53.1 Å². The van der Waals surface area contributed by atoms with Gasteiger partial charge in [0.05, 0.1) is 10.5 Å². The molecule has 0 amide bonds. The van der Waals surface area contributed by atoms with Crippen LogP contribution in [0.2, 0.25) is 0 Å². The van der Waals surface area contributed by atoms with Gasteiger partial charge in [-0.2, -0.15) is 0 Å². The Hall–Kier alpha value is -2.38. The lowest BCUT2D eigenvalue weighted by atomic mass is 10.1. The monoisotopic (exact) mass is 326 g/mol. The summed E-state index contributed by atoms with van der Waals surface area (Å²) in [5, 5.41) is 19.4. The van der Waals surface area contributed by atoms with Crippen molar-refractivity contribution in [2.75, 3.05) is 5.75 Å². The largest absolute Gasteiger partial charge is 0.508 e. The highest BCUT2D eigenvalue weighted by molar-refractivity contribution is 7.99.